The van der Waals surface area contributed by atoms with E-state index >= 15 is 0 Å². The van der Waals surface area contributed by atoms with Crippen molar-refractivity contribution in [1.82, 2.24) is 14.5 Å². The van der Waals surface area contributed by atoms with Crippen LogP contribution in [0.25, 0.3) is 0 Å². The largest absolute Gasteiger partial charge is 0.332 e. The lowest BCUT2D eigenvalue weighted by atomic mass is 10.1. The molecule has 150 valence electrons. The van der Waals surface area contributed by atoms with E-state index in [4.69, 9.17) is 11.6 Å². The second-order valence-corrected chi connectivity index (χ2v) is 7.13. The topological polar surface area (TPSA) is 38.1 Å². The minimum absolute atomic E-state index is 0.0206. The van der Waals surface area contributed by atoms with E-state index < -0.39 is 0 Å². The van der Waals surface area contributed by atoms with Gasteiger partial charge in [-0.1, -0.05) is 54.1 Å². The molecule has 0 fully saturated rings. The third-order valence-electron chi connectivity index (χ3n) is 4.70. The Morgan fingerprint density at radius 3 is 2.72 bits per heavy atom. The Morgan fingerprint density at radius 2 is 2.00 bits per heavy atom. The summed E-state index contributed by atoms with van der Waals surface area (Å²) in [6, 6.07) is 14.5. The van der Waals surface area contributed by atoms with Crippen LogP contribution in [-0.2, 0) is 24.3 Å². The average Bonchev–Trinajstić information content (AvgIpc) is 3.16. The van der Waals surface area contributed by atoms with Crippen molar-refractivity contribution in [1.29, 1.82) is 0 Å². The lowest BCUT2D eigenvalue weighted by molar-refractivity contribution is -0.131. The molecule has 3 aromatic rings. The van der Waals surface area contributed by atoms with Crippen molar-refractivity contribution in [2.24, 2.45) is 0 Å². The number of hydrogen-bond acceptors (Lipinski definition) is 2. The summed E-state index contributed by atoms with van der Waals surface area (Å²) in [4.78, 5) is 18.8. The summed E-state index contributed by atoms with van der Waals surface area (Å²) in [6.07, 6.45) is 6.18. The van der Waals surface area contributed by atoms with Crippen molar-refractivity contribution in [3.63, 3.8) is 0 Å². The zero-order valence-electron chi connectivity index (χ0n) is 16.1. The van der Waals surface area contributed by atoms with E-state index in [1.807, 2.05) is 34.9 Å². The van der Waals surface area contributed by atoms with Gasteiger partial charge in [0.2, 0.25) is 5.91 Å². The van der Waals surface area contributed by atoms with E-state index in [1.54, 1.807) is 35.5 Å². The molecule has 2 aromatic carbocycles. The maximum absolute atomic E-state index is 14.2. The fourth-order valence-corrected chi connectivity index (χ4v) is 3.35. The van der Waals surface area contributed by atoms with E-state index in [9.17, 15) is 9.18 Å². The zero-order valence-corrected chi connectivity index (χ0v) is 16.9. The van der Waals surface area contributed by atoms with Gasteiger partial charge in [-0.3, -0.25) is 4.79 Å². The number of carbonyl (C=O) groups is 1. The van der Waals surface area contributed by atoms with Crippen molar-refractivity contribution in [3.05, 3.63) is 101 Å². The standard InChI is InChI=1S/C23H23ClFN3O/c1-2-14-28(23(29)12-11-18-7-4-3-5-8-18)17-22-26-13-15-27(22)16-19-20(24)9-6-10-21(19)25/h2-10,13,15H,1,11-12,14,16-17H2. The summed E-state index contributed by atoms with van der Waals surface area (Å²) in [5.41, 5.74) is 1.52. The van der Waals surface area contributed by atoms with Gasteiger partial charge in [-0.15, -0.1) is 6.58 Å². The molecule has 0 atom stereocenters. The Bertz CT molecular complexity index is 951. The minimum Gasteiger partial charge on any atom is -0.332 e. The molecule has 1 aromatic heterocycles. The van der Waals surface area contributed by atoms with E-state index in [1.165, 1.54) is 6.07 Å². The van der Waals surface area contributed by atoms with Crippen LogP contribution < -0.4 is 0 Å². The maximum Gasteiger partial charge on any atom is 0.223 e. The second-order valence-electron chi connectivity index (χ2n) is 6.72. The van der Waals surface area contributed by atoms with Gasteiger partial charge in [0.15, 0.2) is 0 Å². The highest BCUT2D eigenvalue weighted by Gasteiger charge is 2.17. The monoisotopic (exact) mass is 411 g/mol. The van der Waals surface area contributed by atoms with Crippen molar-refractivity contribution in [2.45, 2.75) is 25.9 Å². The first-order chi connectivity index (χ1) is 14.1. The molecule has 0 saturated heterocycles. The number of rotatable bonds is 9. The van der Waals surface area contributed by atoms with Crippen LogP contribution in [0.2, 0.25) is 5.02 Å². The summed E-state index contributed by atoms with van der Waals surface area (Å²) >= 11 is 6.15. The Labute approximate surface area is 175 Å². The fraction of sp³-hybridized carbons (Fsp3) is 0.217. The molecular weight excluding hydrogens is 389 g/mol. The molecule has 1 amide bonds. The van der Waals surface area contributed by atoms with Gasteiger partial charge in [0.05, 0.1) is 13.1 Å². The van der Waals surface area contributed by atoms with Crippen molar-refractivity contribution >= 4 is 17.5 Å². The smallest absolute Gasteiger partial charge is 0.223 e. The van der Waals surface area contributed by atoms with Crippen molar-refractivity contribution < 1.29 is 9.18 Å². The molecule has 0 saturated carbocycles. The molecule has 0 aliphatic carbocycles. The lowest BCUT2D eigenvalue weighted by Crippen LogP contribution is -2.32. The van der Waals surface area contributed by atoms with Crippen LogP contribution in [0.1, 0.15) is 23.4 Å². The van der Waals surface area contributed by atoms with Crippen LogP contribution in [0.5, 0.6) is 0 Å². The fourth-order valence-electron chi connectivity index (χ4n) is 3.12. The molecule has 3 rings (SSSR count). The molecular formula is C23H23ClFN3O. The third kappa shape index (κ3) is 5.55. The predicted octanol–water partition coefficient (Wildman–Crippen LogP) is 4.87. The number of aryl methyl sites for hydroxylation is 1. The molecule has 0 unspecified atom stereocenters. The molecule has 6 heteroatoms. The molecule has 0 bridgehead atoms. The molecule has 0 spiro atoms. The van der Waals surface area contributed by atoms with Crippen molar-refractivity contribution in [2.75, 3.05) is 6.54 Å². The number of hydrogen-bond donors (Lipinski definition) is 0. The van der Waals surface area contributed by atoms with Gasteiger partial charge < -0.3 is 9.47 Å². The number of carbonyl (C=O) groups excluding carboxylic acids is 1. The summed E-state index contributed by atoms with van der Waals surface area (Å²) in [7, 11) is 0. The predicted molar refractivity (Wildman–Crippen MR) is 113 cm³/mol. The Hall–Kier alpha value is -2.92. The van der Waals surface area contributed by atoms with Gasteiger partial charge in [-0.25, -0.2) is 9.37 Å². The normalized spacial score (nSPS) is 10.7. The molecule has 0 aliphatic heterocycles. The van der Waals surface area contributed by atoms with Gasteiger partial charge in [0.1, 0.15) is 11.6 Å². The summed E-state index contributed by atoms with van der Waals surface area (Å²) in [5.74, 6) is 0.325. The van der Waals surface area contributed by atoms with Crippen molar-refractivity contribution in [3.8, 4) is 0 Å². The first-order valence-electron chi connectivity index (χ1n) is 9.44. The first kappa shape index (κ1) is 20.8. The van der Waals surface area contributed by atoms with E-state index in [-0.39, 0.29) is 18.3 Å². The number of aromatic nitrogens is 2. The molecule has 1 heterocycles. The van der Waals surface area contributed by atoms with Crippen LogP contribution >= 0.6 is 11.6 Å². The summed E-state index contributed by atoms with van der Waals surface area (Å²) < 4.78 is 16.0. The maximum atomic E-state index is 14.2. The summed E-state index contributed by atoms with van der Waals surface area (Å²) in [6.45, 7) is 4.74. The van der Waals surface area contributed by atoms with E-state index in [0.29, 0.717) is 42.3 Å². The van der Waals surface area contributed by atoms with Crippen LogP contribution in [0, 0.1) is 5.82 Å². The Morgan fingerprint density at radius 1 is 1.21 bits per heavy atom. The Balaban J connectivity index is 1.70. The third-order valence-corrected chi connectivity index (χ3v) is 5.05. The van der Waals surface area contributed by atoms with Gasteiger partial charge in [-0.05, 0) is 24.1 Å². The zero-order chi connectivity index (χ0) is 20.6. The highest BCUT2D eigenvalue weighted by molar-refractivity contribution is 6.31. The molecule has 0 aliphatic rings. The van der Waals surface area contributed by atoms with Crippen LogP contribution in [0.4, 0.5) is 4.39 Å². The lowest BCUT2D eigenvalue weighted by Gasteiger charge is -2.22. The molecule has 4 nitrogen and oxygen atoms in total. The van der Waals surface area contributed by atoms with Gasteiger partial charge in [0, 0.05) is 35.9 Å². The highest BCUT2D eigenvalue weighted by Crippen LogP contribution is 2.21. The number of halogens is 2. The number of amides is 1. The first-order valence-corrected chi connectivity index (χ1v) is 9.81. The Kier molecular flexibility index (Phi) is 7.19. The van der Waals surface area contributed by atoms with Crippen LogP contribution in [0.3, 0.4) is 0 Å². The second kappa shape index (κ2) is 10.0. The van der Waals surface area contributed by atoms with Crippen LogP contribution in [0.15, 0.2) is 73.6 Å². The number of benzene rings is 2. The van der Waals surface area contributed by atoms with Gasteiger partial charge in [-0.2, -0.15) is 0 Å². The van der Waals surface area contributed by atoms with E-state index in [0.717, 1.165) is 5.56 Å². The molecule has 0 radical (unpaired) electrons. The molecule has 0 N–H and O–H groups in total. The average molecular weight is 412 g/mol. The van der Waals surface area contributed by atoms with Gasteiger partial charge in [0.25, 0.3) is 0 Å². The quantitative estimate of drug-likeness (QED) is 0.471. The van der Waals surface area contributed by atoms with Gasteiger partial charge >= 0.3 is 0 Å². The number of nitrogens with zero attached hydrogens (tertiary/aromatic N) is 3. The minimum atomic E-state index is -0.362. The van der Waals surface area contributed by atoms with Crippen LogP contribution in [-0.4, -0.2) is 26.9 Å². The SMILES string of the molecule is C=CCN(Cc1nccn1Cc1c(F)cccc1Cl)C(=O)CCc1ccccc1. The van der Waals surface area contributed by atoms with E-state index in [2.05, 4.69) is 11.6 Å². The summed E-state index contributed by atoms with van der Waals surface area (Å²) in [5, 5.41) is 0.367. The number of imidazole rings is 1. The molecule has 29 heavy (non-hydrogen) atoms. The highest BCUT2D eigenvalue weighted by atomic mass is 35.5.